The first-order valence-electron chi connectivity index (χ1n) is 5.52. The molecule has 0 aliphatic carbocycles. The van der Waals surface area contributed by atoms with Gasteiger partial charge in [-0.25, -0.2) is 8.42 Å². The summed E-state index contributed by atoms with van der Waals surface area (Å²) in [5, 5.41) is 0. The predicted octanol–water partition coefficient (Wildman–Crippen LogP) is 2.86. The zero-order valence-electron chi connectivity index (χ0n) is 10.2. The first-order valence-corrected chi connectivity index (χ1v) is 7.75. The van der Waals surface area contributed by atoms with E-state index in [0.717, 1.165) is 4.47 Å². The number of rotatable bonds is 3. The zero-order valence-corrected chi connectivity index (χ0v) is 12.6. The summed E-state index contributed by atoms with van der Waals surface area (Å²) in [7, 11) is -2.10. The van der Waals surface area contributed by atoms with E-state index in [1.807, 2.05) is 0 Å². The summed E-state index contributed by atoms with van der Waals surface area (Å²) >= 11 is 3.29. The molecule has 0 aliphatic rings. The van der Waals surface area contributed by atoms with Crippen molar-refractivity contribution in [2.45, 2.75) is 4.90 Å². The van der Waals surface area contributed by atoms with Gasteiger partial charge in [0.05, 0.1) is 16.3 Å². The minimum absolute atomic E-state index is 0.236. The molecule has 0 aromatic heterocycles. The minimum atomic E-state index is -3.59. The van der Waals surface area contributed by atoms with Crippen LogP contribution in [0.2, 0.25) is 0 Å². The molecule has 2 aromatic carbocycles. The van der Waals surface area contributed by atoms with Gasteiger partial charge in [-0.2, -0.15) is 0 Å². The molecule has 2 N–H and O–H groups in total. The summed E-state index contributed by atoms with van der Waals surface area (Å²) in [5.74, 6) is 0. The summed E-state index contributed by atoms with van der Waals surface area (Å²) in [6, 6.07) is 13.3. The molecule has 0 atom stereocenters. The lowest BCUT2D eigenvalue weighted by Crippen LogP contribution is -2.27. The lowest BCUT2D eigenvalue weighted by Gasteiger charge is -2.21. The molecule has 0 saturated heterocycles. The maximum absolute atomic E-state index is 12.4. The van der Waals surface area contributed by atoms with Crippen LogP contribution in [0.15, 0.2) is 57.9 Å². The molecule has 0 aliphatic heterocycles. The third-order valence-electron chi connectivity index (χ3n) is 2.73. The topological polar surface area (TPSA) is 63.4 Å². The van der Waals surface area contributed by atoms with Gasteiger partial charge in [0, 0.05) is 11.5 Å². The number of sulfonamides is 1. The van der Waals surface area contributed by atoms with Crippen molar-refractivity contribution in [3.8, 4) is 0 Å². The van der Waals surface area contributed by atoms with Crippen molar-refractivity contribution in [2.75, 3.05) is 17.1 Å². The Labute approximate surface area is 121 Å². The van der Waals surface area contributed by atoms with E-state index in [1.54, 1.807) is 48.5 Å². The summed E-state index contributed by atoms with van der Waals surface area (Å²) in [5.41, 5.74) is 6.71. The molecule has 6 heteroatoms. The molecular weight excluding hydrogens is 328 g/mol. The molecule has 0 fully saturated rings. The van der Waals surface area contributed by atoms with Crippen LogP contribution in [0.25, 0.3) is 0 Å². The van der Waals surface area contributed by atoms with Crippen molar-refractivity contribution in [1.29, 1.82) is 0 Å². The lowest BCUT2D eigenvalue weighted by atomic mass is 10.3. The van der Waals surface area contributed by atoms with Crippen LogP contribution in [0, 0.1) is 0 Å². The number of benzene rings is 2. The van der Waals surface area contributed by atoms with Gasteiger partial charge in [-0.3, -0.25) is 4.31 Å². The van der Waals surface area contributed by atoms with Gasteiger partial charge in [-0.05, 0) is 30.3 Å². The molecule has 19 heavy (non-hydrogen) atoms. The summed E-state index contributed by atoms with van der Waals surface area (Å²) in [6.07, 6.45) is 0. The van der Waals surface area contributed by atoms with E-state index < -0.39 is 10.0 Å². The Morgan fingerprint density at radius 2 is 1.74 bits per heavy atom. The maximum Gasteiger partial charge on any atom is 0.264 e. The fourth-order valence-corrected chi connectivity index (χ4v) is 3.31. The van der Waals surface area contributed by atoms with Gasteiger partial charge in [0.15, 0.2) is 0 Å². The molecule has 0 bridgehead atoms. The number of hydrogen-bond donors (Lipinski definition) is 1. The van der Waals surface area contributed by atoms with Crippen LogP contribution < -0.4 is 10.0 Å². The fourth-order valence-electron chi connectivity index (χ4n) is 1.69. The molecule has 0 unspecified atom stereocenters. The van der Waals surface area contributed by atoms with Gasteiger partial charge in [0.1, 0.15) is 0 Å². The molecule has 0 saturated carbocycles. The normalized spacial score (nSPS) is 11.3. The summed E-state index contributed by atoms with van der Waals surface area (Å²) in [4.78, 5) is 0.236. The Morgan fingerprint density at radius 1 is 1.11 bits per heavy atom. The highest BCUT2D eigenvalue weighted by Crippen LogP contribution is 2.29. The molecule has 0 amide bonds. The highest BCUT2D eigenvalue weighted by atomic mass is 79.9. The zero-order chi connectivity index (χ0) is 14.0. The number of halogens is 1. The molecule has 2 rings (SSSR count). The van der Waals surface area contributed by atoms with Gasteiger partial charge < -0.3 is 5.73 Å². The number of nitrogens with zero attached hydrogens (tertiary/aromatic N) is 1. The van der Waals surface area contributed by atoms with E-state index in [2.05, 4.69) is 15.9 Å². The number of nitrogen functional groups attached to an aromatic ring is 1. The second-order valence-corrected chi connectivity index (χ2v) is 6.87. The van der Waals surface area contributed by atoms with Gasteiger partial charge in [0.2, 0.25) is 0 Å². The van der Waals surface area contributed by atoms with Crippen molar-refractivity contribution in [3.05, 3.63) is 53.0 Å². The van der Waals surface area contributed by atoms with E-state index in [9.17, 15) is 8.42 Å². The Morgan fingerprint density at radius 3 is 2.32 bits per heavy atom. The second kappa shape index (κ2) is 5.22. The molecule has 4 nitrogen and oxygen atoms in total. The van der Waals surface area contributed by atoms with Crippen LogP contribution in [0.5, 0.6) is 0 Å². The van der Waals surface area contributed by atoms with Gasteiger partial charge in [-0.1, -0.05) is 34.1 Å². The van der Waals surface area contributed by atoms with Crippen molar-refractivity contribution in [3.63, 3.8) is 0 Å². The van der Waals surface area contributed by atoms with Gasteiger partial charge >= 0.3 is 0 Å². The van der Waals surface area contributed by atoms with Crippen LogP contribution in [0.3, 0.4) is 0 Å². The van der Waals surface area contributed by atoms with Gasteiger partial charge in [-0.15, -0.1) is 0 Å². The highest BCUT2D eigenvalue weighted by molar-refractivity contribution is 9.10. The third kappa shape index (κ3) is 2.74. The average Bonchev–Trinajstić information content (AvgIpc) is 2.39. The SMILES string of the molecule is CN(c1ccc(Br)cc1N)S(=O)(=O)c1ccccc1. The molecule has 2 aromatic rings. The molecule has 0 radical (unpaired) electrons. The minimum Gasteiger partial charge on any atom is -0.397 e. The Balaban J connectivity index is 2.47. The Bertz CT molecular complexity index is 687. The smallest absolute Gasteiger partial charge is 0.264 e. The van der Waals surface area contributed by atoms with Crippen molar-refractivity contribution in [2.24, 2.45) is 0 Å². The number of hydrogen-bond acceptors (Lipinski definition) is 3. The van der Waals surface area contributed by atoms with Crippen LogP contribution in [0.4, 0.5) is 11.4 Å². The maximum atomic E-state index is 12.4. The molecular formula is C13H13BrN2O2S. The van der Waals surface area contributed by atoms with Crippen LogP contribution in [-0.4, -0.2) is 15.5 Å². The molecule has 100 valence electrons. The van der Waals surface area contributed by atoms with Gasteiger partial charge in [0.25, 0.3) is 10.0 Å². The molecule has 0 spiro atoms. The summed E-state index contributed by atoms with van der Waals surface area (Å²) in [6.45, 7) is 0. The predicted molar refractivity (Wildman–Crippen MR) is 80.6 cm³/mol. The molecule has 0 heterocycles. The van der Waals surface area contributed by atoms with Crippen molar-refractivity contribution < 1.29 is 8.42 Å². The lowest BCUT2D eigenvalue weighted by molar-refractivity contribution is 0.594. The first kappa shape index (κ1) is 13.9. The van der Waals surface area contributed by atoms with E-state index in [1.165, 1.54) is 11.4 Å². The van der Waals surface area contributed by atoms with E-state index >= 15 is 0 Å². The Kier molecular flexibility index (Phi) is 3.82. The van der Waals surface area contributed by atoms with E-state index in [-0.39, 0.29) is 4.90 Å². The average molecular weight is 341 g/mol. The van der Waals surface area contributed by atoms with Crippen LogP contribution in [-0.2, 0) is 10.0 Å². The number of nitrogens with two attached hydrogens (primary N) is 1. The van der Waals surface area contributed by atoms with Crippen LogP contribution >= 0.6 is 15.9 Å². The Hall–Kier alpha value is -1.53. The van der Waals surface area contributed by atoms with E-state index in [4.69, 9.17) is 5.73 Å². The number of anilines is 2. The largest absolute Gasteiger partial charge is 0.397 e. The van der Waals surface area contributed by atoms with Crippen molar-refractivity contribution >= 4 is 37.3 Å². The fraction of sp³-hybridized carbons (Fsp3) is 0.0769. The third-order valence-corrected chi connectivity index (χ3v) is 5.01. The monoisotopic (exact) mass is 340 g/mol. The second-order valence-electron chi connectivity index (χ2n) is 3.99. The highest BCUT2D eigenvalue weighted by Gasteiger charge is 2.22. The first-order chi connectivity index (χ1) is 8.93. The standard InChI is InChI=1S/C13H13BrN2O2S/c1-16(13-8-7-10(14)9-12(13)15)19(17,18)11-5-3-2-4-6-11/h2-9H,15H2,1H3. The van der Waals surface area contributed by atoms with E-state index in [0.29, 0.717) is 11.4 Å². The summed E-state index contributed by atoms with van der Waals surface area (Å²) < 4.78 is 26.8. The van der Waals surface area contributed by atoms with Crippen molar-refractivity contribution in [1.82, 2.24) is 0 Å². The van der Waals surface area contributed by atoms with Crippen LogP contribution in [0.1, 0.15) is 0 Å². The quantitative estimate of drug-likeness (QED) is 0.873.